The lowest BCUT2D eigenvalue weighted by atomic mass is 10.2. The van der Waals surface area contributed by atoms with Gasteiger partial charge in [0, 0.05) is 38.1 Å². The fourth-order valence-electron chi connectivity index (χ4n) is 1.87. The first-order chi connectivity index (χ1) is 8.78. The molecular formula is C13H21N5. The fraction of sp³-hybridized carbons (Fsp3) is 0.538. The molecule has 0 aliphatic carbocycles. The van der Waals surface area contributed by atoms with Crippen molar-refractivity contribution in [1.29, 1.82) is 0 Å². The Kier molecular flexibility index (Phi) is 4.52. The molecule has 0 bridgehead atoms. The first-order valence-electron chi connectivity index (χ1n) is 6.47. The summed E-state index contributed by atoms with van der Waals surface area (Å²) in [6.07, 6.45) is 10.1. The van der Waals surface area contributed by atoms with Gasteiger partial charge in [-0.2, -0.15) is 10.2 Å². The van der Waals surface area contributed by atoms with E-state index in [4.69, 9.17) is 0 Å². The van der Waals surface area contributed by atoms with Crippen molar-refractivity contribution in [3.63, 3.8) is 0 Å². The van der Waals surface area contributed by atoms with E-state index in [1.165, 1.54) is 11.1 Å². The van der Waals surface area contributed by atoms with E-state index in [9.17, 15) is 0 Å². The zero-order valence-electron chi connectivity index (χ0n) is 11.1. The van der Waals surface area contributed by atoms with Gasteiger partial charge in [0.25, 0.3) is 0 Å². The quantitative estimate of drug-likeness (QED) is 0.752. The van der Waals surface area contributed by atoms with Gasteiger partial charge >= 0.3 is 0 Å². The van der Waals surface area contributed by atoms with Crippen molar-refractivity contribution in [2.75, 3.05) is 6.54 Å². The summed E-state index contributed by atoms with van der Waals surface area (Å²) in [5.74, 6) is 0. The molecule has 0 aliphatic rings. The van der Waals surface area contributed by atoms with Crippen molar-refractivity contribution in [2.24, 2.45) is 7.05 Å². The third-order valence-corrected chi connectivity index (χ3v) is 2.83. The molecular weight excluding hydrogens is 226 g/mol. The van der Waals surface area contributed by atoms with E-state index < -0.39 is 0 Å². The molecule has 0 spiro atoms. The molecule has 0 radical (unpaired) electrons. The second-order valence-corrected chi connectivity index (χ2v) is 4.56. The SMILES string of the molecule is CCCNCc1cnn(CCc2cnn(C)c2)c1. The minimum absolute atomic E-state index is 0.902. The van der Waals surface area contributed by atoms with E-state index in [1.54, 1.807) is 0 Å². The van der Waals surface area contributed by atoms with Crippen LogP contribution in [0.1, 0.15) is 24.5 Å². The van der Waals surface area contributed by atoms with Gasteiger partial charge in [-0.25, -0.2) is 0 Å². The summed E-state index contributed by atoms with van der Waals surface area (Å²) in [5, 5.41) is 11.9. The van der Waals surface area contributed by atoms with Crippen molar-refractivity contribution in [1.82, 2.24) is 24.9 Å². The minimum Gasteiger partial charge on any atom is -0.313 e. The molecule has 2 heterocycles. The standard InChI is InChI=1S/C13H21N5/c1-3-5-14-7-13-9-16-18(11-13)6-4-12-8-15-17(2)10-12/h8-11,14H,3-7H2,1-2H3. The summed E-state index contributed by atoms with van der Waals surface area (Å²) in [7, 11) is 1.94. The first-order valence-corrected chi connectivity index (χ1v) is 6.47. The van der Waals surface area contributed by atoms with Crippen LogP contribution in [0, 0.1) is 0 Å². The van der Waals surface area contributed by atoms with Gasteiger partial charge in [-0.3, -0.25) is 9.36 Å². The van der Waals surface area contributed by atoms with Gasteiger partial charge in [0.1, 0.15) is 0 Å². The molecule has 0 saturated carbocycles. The molecule has 5 heteroatoms. The molecule has 1 N–H and O–H groups in total. The van der Waals surface area contributed by atoms with Gasteiger partial charge < -0.3 is 5.32 Å². The zero-order chi connectivity index (χ0) is 12.8. The van der Waals surface area contributed by atoms with Crippen LogP contribution in [0.2, 0.25) is 0 Å². The normalized spacial score (nSPS) is 11.0. The third kappa shape index (κ3) is 3.70. The molecule has 0 aliphatic heterocycles. The Morgan fingerprint density at radius 2 is 2.00 bits per heavy atom. The van der Waals surface area contributed by atoms with Crippen LogP contribution in [0.25, 0.3) is 0 Å². The smallest absolute Gasteiger partial charge is 0.0534 e. The number of aromatic nitrogens is 4. The molecule has 18 heavy (non-hydrogen) atoms. The zero-order valence-corrected chi connectivity index (χ0v) is 11.1. The molecule has 2 aromatic heterocycles. The van der Waals surface area contributed by atoms with E-state index >= 15 is 0 Å². The van der Waals surface area contributed by atoms with Gasteiger partial charge in [-0.1, -0.05) is 6.92 Å². The van der Waals surface area contributed by atoms with Crippen LogP contribution in [0.5, 0.6) is 0 Å². The number of hydrogen-bond acceptors (Lipinski definition) is 3. The maximum atomic E-state index is 4.37. The average molecular weight is 247 g/mol. The maximum absolute atomic E-state index is 4.37. The highest BCUT2D eigenvalue weighted by atomic mass is 15.3. The molecule has 5 nitrogen and oxygen atoms in total. The average Bonchev–Trinajstić information content (AvgIpc) is 2.96. The predicted octanol–water partition coefficient (Wildman–Crippen LogP) is 1.36. The Morgan fingerprint density at radius 1 is 1.17 bits per heavy atom. The van der Waals surface area contributed by atoms with Crippen LogP contribution in [0.3, 0.4) is 0 Å². The van der Waals surface area contributed by atoms with Gasteiger partial charge in [0.15, 0.2) is 0 Å². The minimum atomic E-state index is 0.902. The lowest BCUT2D eigenvalue weighted by molar-refractivity contribution is 0.612. The molecule has 0 unspecified atom stereocenters. The number of nitrogens with one attached hydrogen (secondary N) is 1. The van der Waals surface area contributed by atoms with Crippen LogP contribution in [-0.2, 0) is 26.6 Å². The number of nitrogens with zero attached hydrogens (tertiary/aromatic N) is 4. The van der Waals surface area contributed by atoms with E-state index in [0.717, 1.165) is 32.5 Å². The maximum Gasteiger partial charge on any atom is 0.0534 e. The van der Waals surface area contributed by atoms with Crippen LogP contribution >= 0.6 is 0 Å². The summed E-state index contributed by atoms with van der Waals surface area (Å²) in [6, 6.07) is 0. The van der Waals surface area contributed by atoms with Gasteiger partial charge in [-0.15, -0.1) is 0 Å². The van der Waals surface area contributed by atoms with Crippen LogP contribution in [-0.4, -0.2) is 26.1 Å². The topological polar surface area (TPSA) is 47.7 Å². The number of aryl methyl sites for hydroxylation is 3. The van der Waals surface area contributed by atoms with Crippen molar-refractivity contribution in [2.45, 2.75) is 32.9 Å². The summed E-state index contributed by atoms with van der Waals surface area (Å²) in [6.45, 7) is 5.03. The molecule has 2 rings (SSSR count). The largest absolute Gasteiger partial charge is 0.313 e. The van der Waals surface area contributed by atoms with E-state index in [0.29, 0.717) is 0 Å². The van der Waals surface area contributed by atoms with E-state index in [1.807, 2.05) is 35.0 Å². The second kappa shape index (κ2) is 6.35. The lowest BCUT2D eigenvalue weighted by Gasteiger charge is -2.00. The Morgan fingerprint density at radius 3 is 2.72 bits per heavy atom. The lowest BCUT2D eigenvalue weighted by Crippen LogP contribution is -2.13. The Balaban J connectivity index is 1.79. The third-order valence-electron chi connectivity index (χ3n) is 2.83. The highest BCUT2D eigenvalue weighted by Gasteiger charge is 2.00. The van der Waals surface area contributed by atoms with Crippen LogP contribution in [0.4, 0.5) is 0 Å². The molecule has 0 aromatic carbocycles. The monoisotopic (exact) mass is 247 g/mol. The van der Waals surface area contributed by atoms with E-state index in [-0.39, 0.29) is 0 Å². The van der Waals surface area contributed by atoms with Gasteiger partial charge in [0.2, 0.25) is 0 Å². The Hall–Kier alpha value is -1.62. The summed E-state index contributed by atoms with van der Waals surface area (Å²) < 4.78 is 3.83. The van der Waals surface area contributed by atoms with Crippen molar-refractivity contribution in [3.8, 4) is 0 Å². The molecule has 0 atom stereocenters. The van der Waals surface area contributed by atoms with Crippen molar-refractivity contribution < 1.29 is 0 Å². The summed E-state index contributed by atoms with van der Waals surface area (Å²) in [5.41, 5.74) is 2.49. The van der Waals surface area contributed by atoms with Crippen molar-refractivity contribution in [3.05, 3.63) is 35.9 Å². The van der Waals surface area contributed by atoms with Crippen LogP contribution in [0.15, 0.2) is 24.8 Å². The second-order valence-electron chi connectivity index (χ2n) is 4.56. The summed E-state index contributed by atoms with van der Waals surface area (Å²) in [4.78, 5) is 0. The number of rotatable bonds is 7. The molecule has 0 fully saturated rings. The molecule has 0 amide bonds. The summed E-state index contributed by atoms with van der Waals surface area (Å²) >= 11 is 0. The molecule has 0 saturated heterocycles. The van der Waals surface area contributed by atoms with Gasteiger partial charge in [0.05, 0.1) is 12.4 Å². The Labute approximate surface area is 108 Å². The first kappa shape index (κ1) is 12.8. The molecule has 98 valence electrons. The van der Waals surface area contributed by atoms with Crippen LogP contribution < -0.4 is 5.32 Å². The van der Waals surface area contributed by atoms with Gasteiger partial charge in [-0.05, 0) is 24.9 Å². The van der Waals surface area contributed by atoms with Crippen molar-refractivity contribution >= 4 is 0 Å². The highest BCUT2D eigenvalue weighted by Crippen LogP contribution is 2.02. The highest BCUT2D eigenvalue weighted by molar-refractivity contribution is 5.05. The predicted molar refractivity (Wildman–Crippen MR) is 71.1 cm³/mol. The number of hydrogen-bond donors (Lipinski definition) is 1. The van der Waals surface area contributed by atoms with E-state index in [2.05, 4.69) is 28.6 Å². The molecule has 2 aromatic rings. The Bertz CT molecular complexity index is 471. The fourth-order valence-corrected chi connectivity index (χ4v) is 1.87.